The number of halogens is 2. The van der Waals surface area contributed by atoms with Gasteiger partial charge in [-0.15, -0.1) is 11.8 Å². The summed E-state index contributed by atoms with van der Waals surface area (Å²) in [4.78, 5) is 8.47. The molecule has 8 nitrogen and oxygen atoms in total. The molecule has 1 atom stereocenters. The molecule has 0 radical (unpaired) electrons. The molecule has 0 amide bonds. The maximum absolute atomic E-state index is 13.9. The summed E-state index contributed by atoms with van der Waals surface area (Å²) in [6.07, 6.45) is 1.47. The van der Waals surface area contributed by atoms with Gasteiger partial charge in [-0.1, -0.05) is 25.5 Å². The molecule has 1 heterocycles. The summed E-state index contributed by atoms with van der Waals surface area (Å²) in [7, 11) is -1.07. The van der Waals surface area contributed by atoms with Crippen LogP contribution in [0.3, 0.4) is 0 Å². The summed E-state index contributed by atoms with van der Waals surface area (Å²) in [6, 6.07) is 5.00. The highest BCUT2D eigenvalue weighted by Gasteiger charge is 2.17. The van der Waals surface area contributed by atoms with E-state index in [1.165, 1.54) is 32.3 Å². The minimum atomic E-state index is -3.81. The number of aromatic nitrogens is 2. The average Bonchev–Trinajstić information content (AvgIpc) is 2.68. The quantitative estimate of drug-likeness (QED) is 0.349. The third-order valence-electron chi connectivity index (χ3n) is 4.01. The van der Waals surface area contributed by atoms with E-state index in [0.717, 1.165) is 28.6 Å². The van der Waals surface area contributed by atoms with Crippen molar-refractivity contribution >= 4 is 33.7 Å². The van der Waals surface area contributed by atoms with Gasteiger partial charge in [0, 0.05) is 31.5 Å². The number of hydrogen-bond acceptors (Lipinski definition) is 7. The lowest BCUT2D eigenvalue weighted by atomic mass is 10.2. The van der Waals surface area contributed by atoms with E-state index in [1.807, 2.05) is 6.92 Å². The van der Waals surface area contributed by atoms with Crippen LogP contribution in [-0.4, -0.2) is 54.5 Å². The minimum Gasteiger partial charge on any atom is -0.394 e. The molecule has 1 aromatic carbocycles. The first-order chi connectivity index (χ1) is 14.2. The van der Waals surface area contributed by atoms with Gasteiger partial charge in [-0.25, -0.2) is 13.8 Å². The van der Waals surface area contributed by atoms with Crippen molar-refractivity contribution in [3.8, 4) is 0 Å². The van der Waals surface area contributed by atoms with Crippen molar-refractivity contribution in [1.29, 1.82) is 0 Å². The van der Waals surface area contributed by atoms with Crippen molar-refractivity contribution in [2.75, 3.05) is 30.7 Å². The standard InChI is InChI=1S/C18H25F2N5O3S2/c1-4-6-13(10-26)21-18-22-15(24-30(27,28)25(2)3)9-16(23-18)29-11-12-7-5-8-14(19)17(12)20/h5,7-9,13,26H,4,6,10-11H2,1-3H3,(H2,21,22,23,24)/t13-/m1/s1. The third-order valence-corrected chi connectivity index (χ3v) is 6.40. The lowest BCUT2D eigenvalue weighted by molar-refractivity contribution is 0.268. The molecule has 30 heavy (non-hydrogen) atoms. The molecule has 1 aromatic heterocycles. The fourth-order valence-corrected chi connectivity index (χ4v) is 3.81. The van der Waals surface area contributed by atoms with Gasteiger partial charge in [-0.2, -0.15) is 17.7 Å². The van der Waals surface area contributed by atoms with E-state index in [2.05, 4.69) is 20.0 Å². The summed E-state index contributed by atoms with van der Waals surface area (Å²) >= 11 is 1.10. The Balaban J connectivity index is 2.31. The zero-order valence-electron chi connectivity index (χ0n) is 16.9. The first-order valence-corrected chi connectivity index (χ1v) is 11.6. The van der Waals surface area contributed by atoms with Crippen molar-refractivity contribution < 1.29 is 22.3 Å². The number of anilines is 2. The second-order valence-corrected chi connectivity index (χ2v) is 9.50. The van der Waals surface area contributed by atoms with Crippen LogP contribution in [0, 0.1) is 11.6 Å². The zero-order chi connectivity index (χ0) is 22.3. The first-order valence-electron chi connectivity index (χ1n) is 9.18. The Morgan fingerprint density at radius 3 is 2.63 bits per heavy atom. The molecular weight excluding hydrogens is 436 g/mol. The number of benzene rings is 1. The van der Waals surface area contributed by atoms with Crippen molar-refractivity contribution in [2.45, 2.75) is 36.6 Å². The maximum atomic E-state index is 13.9. The molecule has 2 rings (SSSR count). The Bertz CT molecular complexity index is 961. The number of thioether (sulfide) groups is 1. The summed E-state index contributed by atoms with van der Waals surface area (Å²) in [5.74, 6) is -1.67. The summed E-state index contributed by atoms with van der Waals surface area (Å²) < 4.78 is 55.0. The van der Waals surface area contributed by atoms with Gasteiger partial charge in [0.2, 0.25) is 5.95 Å². The van der Waals surface area contributed by atoms with Crippen molar-refractivity contribution in [3.63, 3.8) is 0 Å². The molecule has 0 spiro atoms. The SMILES string of the molecule is CCC[C@H](CO)Nc1nc(NS(=O)(=O)N(C)C)cc(SCc2cccc(F)c2F)n1. The van der Waals surface area contributed by atoms with Crippen LogP contribution in [0.5, 0.6) is 0 Å². The number of nitrogens with one attached hydrogen (secondary N) is 2. The summed E-state index contributed by atoms with van der Waals surface area (Å²) in [5.41, 5.74) is 0.155. The van der Waals surface area contributed by atoms with E-state index in [-0.39, 0.29) is 35.7 Å². The molecule has 0 aliphatic carbocycles. The maximum Gasteiger partial charge on any atom is 0.302 e. The molecule has 0 unspecified atom stereocenters. The second-order valence-electron chi connectivity index (χ2n) is 6.62. The van der Waals surface area contributed by atoms with E-state index in [1.54, 1.807) is 0 Å². The van der Waals surface area contributed by atoms with Crippen LogP contribution in [0.25, 0.3) is 0 Å². The van der Waals surface area contributed by atoms with Gasteiger partial charge in [0.05, 0.1) is 12.6 Å². The number of rotatable bonds is 11. The molecule has 0 fully saturated rings. The zero-order valence-corrected chi connectivity index (χ0v) is 18.5. The van der Waals surface area contributed by atoms with Gasteiger partial charge >= 0.3 is 10.2 Å². The summed E-state index contributed by atoms with van der Waals surface area (Å²) in [5, 5.41) is 12.8. The first kappa shape index (κ1) is 24.3. The Hall–Kier alpha value is -2.02. The minimum absolute atomic E-state index is 0.0107. The molecule has 2 aromatic rings. The fraction of sp³-hybridized carbons (Fsp3) is 0.444. The fourth-order valence-electron chi connectivity index (χ4n) is 2.39. The highest BCUT2D eigenvalue weighted by Crippen LogP contribution is 2.26. The predicted molar refractivity (Wildman–Crippen MR) is 114 cm³/mol. The molecule has 0 aliphatic heterocycles. The normalized spacial score (nSPS) is 12.8. The smallest absolute Gasteiger partial charge is 0.302 e. The van der Waals surface area contributed by atoms with E-state index >= 15 is 0 Å². The Morgan fingerprint density at radius 1 is 1.27 bits per heavy atom. The third kappa shape index (κ3) is 6.76. The topological polar surface area (TPSA) is 107 Å². The van der Waals surface area contributed by atoms with E-state index < -0.39 is 21.8 Å². The van der Waals surface area contributed by atoms with E-state index in [4.69, 9.17) is 0 Å². The van der Waals surface area contributed by atoms with Crippen molar-refractivity contribution in [2.24, 2.45) is 0 Å². The Kier molecular flexibility index (Phi) is 8.77. The highest BCUT2D eigenvalue weighted by atomic mass is 32.2. The van der Waals surface area contributed by atoms with Gasteiger partial charge in [0.25, 0.3) is 0 Å². The molecule has 0 aliphatic rings. The molecule has 12 heteroatoms. The molecule has 166 valence electrons. The number of aliphatic hydroxyl groups excluding tert-OH is 1. The van der Waals surface area contributed by atoms with Gasteiger partial charge in [-0.05, 0) is 12.5 Å². The second kappa shape index (κ2) is 10.8. The van der Waals surface area contributed by atoms with Crippen LogP contribution in [0.15, 0.2) is 29.3 Å². The highest BCUT2D eigenvalue weighted by molar-refractivity contribution is 7.98. The van der Waals surface area contributed by atoms with Crippen molar-refractivity contribution in [1.82, 2.24) is 14.3 Å². The Morgan fingerprint density at radius 2 is 2.00 bits per heavy atom. The molecule has 0 saturated heterocycles. The molecular formula is C18H25F2N5O3S2. The lowest BCUT2D eigenvalue weighted by Gasteiger charge is -2.18. The summed E-state index contributed by atoms with van der Waals surface area (Å²) in [6.45, 7) is 1.81. The molecule has 3 N–H and O–H groups in total. The number of aliphatic hydroxyl groups is 1. The van der Waals surface area contributed by atoms with Crippen LogP contribution >= 0.6 is 11.8 Å². The Labute approximate surface area is 179 Å². The van der Waals surface area contributed by atoms with Crippen molar-refractivity contribution in [3.05, 3.63) is 41.5 Å². The number of hydrogen-bond donors (Lipinski definition) is 3. The largest absolute Gasteiger partial charge is 0.394 e. The van der Waals surface area contributed by atoms with Crippen LogP contribution in [0.2, 0.25) is 0 Å². The van der Waals surface area contributed by atoms with Gasteiger partial charge < -0.3 is 10.4 Å². The molecule has 0 bridgehead atoms. The van der Waals surface area contributed by atoms with Crippen LogP contribution in [-0.2, 0) is 16.0 Å². The van der Waals surface area contributed by atoms with Crippen LogP contribution in [0.1, 0.15) is 25.3 Å². The van der Waals surface area contributed by atoms with E-state index in [0.29, 0.717) is 11.4 Å². The van der Waals surface area contributed by atoms with Gasteiger partial charge in [0.1, 0.15) is 10.8 Å². The molecule has 0 saturated carbocycles. The predicted octanol–water partition coefficient (Wildman–Crippen LogP) is 2.84. The lowest BCUT2D eigenvalue weighted by Crippen LogP contribution is -2.30. The van der Waals surface area contributed by atoms with Gasteiger partial charge in [0.15, 0.2) is 11.6 Å². The van der Waals surface area contributed by atoms with Crippen LogP contribution in [0.4, 0.5) is 20.5 Å². The van der Waals surface area contributed by atoms with Gasteiger partial charge in [-0.3, -0.25) is 4.72 Å². The monoisotopic (exact) mass is 461 g/mol. The average molecular weight is 462 g/mol. The van der Waals surface area contributed by atoms with Crippen LogP contribution < -0.4 is 10.0 Å². The van der Waals surface area contributed by atoms with E-state index in [9.17, 15) is 22.3 Å². The number of nitrogens with zero attached hydrogens (tertiary/aromatic N) is 3.